The highest BCUT2D eigenvalue weighted by molar-refractivity contribution is 7.15. The van der Waals surface area contributed by atoms with E-state index in [4.69, 9.17) is 110 Å². The summed E-state index contributed by atoms with van der Waals surface area (Å²) in [4.78, 5) is 109. The molecule has 1 aliphatic carbocycles. The molecule has 1 aliphatic heterocycles. The molecule has 0 unspecified atom stereocenters. The average molecular weight is 901 g/mol. The van der Waals surface area contributed by atoms with Gasteiger partial charge in [-0.05, 0) is 43.7 Å². The molecule has 1 fully saturated rings. The van der Waals surface area contributed by atoms with Gasteiger partial charge in [0.25, 0.3) is 0 Å². The van der Waals surface area contributed by atoms with Gasteiger partial charge in [-0.1, -0.05) is 31.2 Å². The van der Waals surface area contributed by atoms with Crippen LogP contribution < -0.4 is 10.6 Å². The van der Waals surface area contributed by atoms with Crippen LogP contribution >= 0.6 is 11.3 Å². The van der Waals surface area contributed by atoms with Crippen molar-refractivity contribution in [2.45, 2.75) is 38.6 Å². The van der Waals surface area contributed by atoms with Crippen molar-refractivity contribution in [3.8, 4) is 0 Å². The maximum atomic E-state index is 9.10. The number of nitrogens with two attached hydrogens (primary N) is 1. The van der Waals surface area contributed by atoms with Gasteiger partial charge in [0, 0.05) is 61.8 Å². The summed E-state index contributed by atoms with van der Waals surface area (Å²) in [7, 11) is 0. The van der Waals surface area contributed by atoms with E-state index in [0.717, 1.165) is 63.1 Å². The molecule has 2 aromatic heterocycles. The molecule has 27 heteroatoms. The molecular weight excluding hydrogens is 856 g/mol. The Morgan fingerprint density at radius 3 is 1.56 bits per heavy atom. The lowest BCUT2D eigenvalue weighted by Crippen LogP contribution is -2.50. The minimum Gasteiger partial charge on any atom is -0.473 e. The van der Waals surface area contributed by atoms with Crippen LogP contribution in [0, 0.1) is 0 Å². The molecular formula is C35H44N6O20S. The number of aryl methyl sites for hydroxylation is 1. The molecule has 1 saturated heterocycles. The van der Waals surface area contributed by atoms with Gasteiger partial charge >= 0.3 is 59.7 Å². The molecule has 0 amide bonds. The quantitative estimate of drug-likeness (QED) is 0.132. The van der Waals surface area contributed by atoms with Gasteiger partial charge in [-0.2, -0.15) is 0 Å². The van der Waals surface area contributed by atoms with Gasteiger partial charge in [-0.15, -0.1) is 11.3 Å². The Morgan fingerprint density at radius 1 is 0.677 bits per heavy atom. The Hall–Kier alpha value is -7.52. The topological polar surface area (TPSA) is 435 Å². The van der Waals surface area contributed by atoms with E-state index >= 15 is 0 Å². The molecule has 26 nitrogen and oxygen atoms in total. The minimum atomic E-state index is -1.82. The molecule has 340 valence electrons. The van der Waals surface area contributed by atoms with Crippen LogP contribution in [-0.4, -0.2) is 182 Å². The Kier molecular flexibility index (Phi) is 24.6. The van der Waals surface area contributed by atoms with Crippen molar-refractivity contribution < 1.29 is 99.0 Å². The van der Waals surface area contributed by atoms with Crippen molar-refractivity contribution in [1.82, 2.24) is 19.8 Å². The fraction of sp³-hybridized carbons (Fsp3) is 0.371. The smallest absolute Gasteiger partial charge is 0.414 e. The third-order valence-corrected chi connectivity index (χ3v) is 8.85. The summed E-state index contributed by atoms with van der Waals surface area (Å²) in [5.74, 6) is -17.1. The summed E-state index contributed by atoms with van der Waals surface area (Å²) in [5.41, 5.74) is 7.21. The maximum absolute atomic E-state index is 9.10. The van der Waals surface area contributed by atoms with Gasteiger partial charge < -0.3 is 61.7 Å². The van der Waals surface area contributed by atoms with Gasteiger partial charge in [0.05, 0.1) is 5.69 Å². The van der Waals surface area contributed by atoms with E-state index in [9.17, 15) is 0 Å². The Bertz CT molecular complexity index is 1850. The molecule has 2 aliphatic rings. The van der Waals surface area contributed by atoms with Crippen molar-refractivity contribution in [2.75, 3.05) is 56.4 Å². The van der Waals surface area contributed by atoms with Crippen LogP contribution in [0.4, 0.5) is 10.9 Å². The number of rotatable bonds is 7. The van der Waals surface area contributed by atoms with Gasteiger partial charge in [0.1, 0.15) is 5.82 Å². The third-order valence-electron chi connectivity index (χ3n) is 7.90. The van der Waals surface area contributed by atoms with Crippen LogP contribution in [0.3, 0.4) is 0 Å². The number of fused-ring (bicyclic) bond motifs is 2. The van der Waals surface area contributed by atoms with E-state index in [-0.39, 0.29) is 0 Å². The highest BCUT2D eigenvalue weighted by atomic mass is 32.1. The van der Waals surface area contributed by atoms with Gasteiger partial charge in [-0.25, -0.2) is 57.9 Å². The molecule has 1 atom stereocenters. The molecule has 12 N–H and O–H groups in total. The predicted octanol–water partition coefficient (Wildman–Crippen LogP) is -0.557. The van der Waals surface area contributed by atoms with Crippen molar-refractivity contribution in [3.63, 3.8) is 0 Å². The average Bonchev–Trinajstić information content (AvgIpc) is 3.59. The summed E-state index contributed by atoms with van der Waals surface area (Å²) in [6.45, 7) is 10.1. The van der Waals surface area contributed by atoms with Crippen LogP contribution in [0.25, 0.3) is 10.8 Å². The summed E-state index contributed by atoms with van der Waals surface area (Å²) in [5, 5.41) is 77.2. The van der Waals surface area contributed by atoms with Crippen molar-refractivity contribution >= 4 is 92.8 Å². The number of hydrogen-bond donors (Lipinski definition) is 11. The number of nitrogens with zero attached hydrogens (tertiary/aromatic N) is 5. The summed E-state index contributed by atoms with van der Waals surface area (Å²) < 4.78 is 0. The largest absolute Gasteiger partial charge is 0.473 e. The van der Waals surface area contributed by atoms with Crippen molar-refractivity contribution in [1.29, 1.82) is 0 Å². The molecule has 0 radical (unpaired) electrons. The number of carboxylic acids is 10. The van der Waals surface area contributed by atoms with Crippen LogP contribution in [-0.2, 0) is 60.8 Å². The van der Waals surface area contributed by atoms with Crippen LogP contribution in [0.5, 0.6) is 0 Å². The number of hydrogen-bond acceptors (Lipinski definition) is 17. The number of nitrogen functional groups attached to an aromatic ring is 1. The zero-order valence-electron chi connectivity index (χ0n) is 32.6. The molecule has 0 saturated carbocycles. The monoisotopic (exact) mass is 900 g/mol. The van der Waals surface area contributed by atoms with E-state index in [1.165, 1.54) is 40.7 Å². The third kappa shape index (κ3) is 21.5. The zero-order valence-corrected chi connectivity index (χ0v) is 33.4. The summed E-state index contributed by atoms with van der Waals surface area (Å²) in [6, 6.07) is 11.3. The summed E-state index contributed by atoms with van der Waals surface area (Å²) >= 11 is 1.69. The fourth-order valence-corrected chi connectivity index (χ4v) is 6.21. The lowest BCUT2D eigenvalue weighted by Gasteiger charge is -2.38. The molecule has 62 heavy (non-hydrogen) atoms. The van der Waals surface area contributed by atoms with Crippen molar-refractivity contribution in [3.05, 3.63) is 47.1 Å². The number of aliphatic carboxylic acids is 10. The molecule has 5 rings (SSSR count). The predicted molar refractivity (Wildman–Crippen MR) is 211 cm³/mol. The lowest BCUT2D eigenvalue weighted by molar-refractivity contribution is -0.159. The first kappa shape index (κ1) is 54.5. The maximum Gasteiger partial charge on any atom is 0.414 e. The Labute approximate surface area is 353 Å². The number of aromatic nitrogens is 2. The highest BCUT2D eigenvalue weighted by Gasteiger charge is 2.27. The number of carboxylic acid groups (broad SMARTS) is 10. The number of benzene rings is 1. The second-order valence-electron chi connectivity index (χ2n) is 12.1. The second kappa shape index (κ2) is 28.0. The minimum absolute atomic E-state index is 0.628. The molecule has 3 aromatic rings. The second-order valence-corrected chi connectivity index (χ2v) is 13.2. The van der Waals surface area contributed by atoms with Crippen LogP contribution in [0.1, 0.15) is 30.3 Å². The number of carbonyl (C=O) groups is 10. The Morgan fingerprint density at radius 2 is 1.13 bits per heavy atom. The van der Waals surface area contributed by atoms with Crippen LogP contribution in [0.15, 0.2) is 36.5 Å². The first-order valence-electron chi connectivity index (χ1n) is 17.5. The Balaban J connectivity index is 0.00000100. The number of piperazine rings is 1. The van der Waals surface area contributed by atoms with E-state index in [1.807, 2.05) is 6.20 Å². The molecule has 0 spiro atoms. The normalized spacial score (nSPS) is 13.6. The zero-order chi connectivity index (χ0) is 47.7. The lowest BCUT2D eigenvalue weighted by atomic mass is 9.96. The fourth-order valence-electron chi connectivity index (χ4n) is 5.26. The van der Waals surface area contributed by atoms with E-state index in [1.54, 1.807) is 11.3 Å². The first-order valence-corrected chi connectivity index (χ1v) is 18.3. The summed E-state index contributed by atoms with van der Waals surface area (Å²) in [6.07, 6.45) is 6.54. The SMILES string of the molecule is CCCN(CCN1CCN(c2nccc3ccccc23)CC1)[C@H]1CCc2nc(N)sc2C1.O=C(O)C(=O)O.O=C(O)C(=O)O.O=C(O)C(=O)O.O=C(O)C(=O)O.O=C(O)C(=O)O. The first-order chi connectivity index (χ1) is 28.9. The number of pyridine rings is 1. The molecule has 1 aromatic carbocycles. The van der Waals surface area contributed by atoms with E-state index in [2.05, 4.69) is 56.9 Å². The van der Waals surface area contributed by atoms with Gasteiger partial charge in [0.15, 0.2) is 5.13 Å². The van der Waals surface area contributed by atoms with E-state index in [0.29, 0.717) is 6.04 Å². The molecule has 0 bridgehead atoms. The molecule has 3 heterocycles. The van der Waals surface area contributed by atoms with Gasteiger partial charge in [0.2, 0.25) is 0 Å². The highest BCUT2D eigenvalue weighted by Crippen LogP contribution is 2.30. The number of anilines is 2. The standard InChI is InChI=1S/C25H34N6S.5C2H2O4/c1-2-11-30(20-7-8-22-23(18-20)32-25(26)28-22)15-12-29-13-16-31(17-14-29)24-21-6-4-3-5-19(21)9-10-27-24;5*3-1(4)2(5)6/h3-6,9-10,20H,2,7-8,11-18H2,1H3,(H2,26,28);5*(H,3,4)(H,5,6)/t20-;;;;;/m0...../s1. The van der Waals surface area contributed by atoms with Crippen molar-refractivity contribution in [2.24, 2.45) is 0 Å². The number of thiazole rings is 1. The van der Waals surface area contributed by atoms with E-state index < -0.39 is 59.7 Å². The van der Waals surface area contributed by atoms with Crippen LogP contribution in [0.2, 0.25) is 0 Å². The van der Waals surface area contributed by atoms with Gasteiger partial charge in [-0.3, -0.25) is 9.80 Å².